The fourth-order valence-corrected chi connectivity index (χ4v) is 3.74. The second-order valence-corrected chi connectivity index (χ2v) is 7.53. The normalized spacial score (nSPS) is 12.2. The van der Waals surface area contributed by atoms with Gasteiger partial charge in [0.1, 0.15) is 5.75 Å². The molecule has 0 atom stereocenters. The molecule has 2 heterocycles. The standard InChI is InChI=1S/C20H15Cl2N5OS/c1-28-19-3-2-11(16-10-17-15(25-16)4-5-23-27-17)6-18(19)26-20(29)24-14-8-12(21)7-13(22)9-14/h2-9H,10H2,1H3,(H2,24,26,29). The summed E-state index contributed by atoms with van der Waals surface area (Å²) in [6.07, 6.45) is 2.26. The Morgan fingerprint density at radius 3 is 2.59 bits per heavy atom. The van der Waals surface area contributed by atoms with Gasteiger partial charge in [0, 0.05) is 22.2 Å². The number of anilines is 2. The predicted molar refractivity (Wildman–Crippen MR) is 121 cm³/mol. The number of ether oxygens (including phenoxy) is 1. The first-order chi connectivity index (χ1) is 14.0. The highest BCUT2D eigenvalue weighted by molar-refractivity contribution is 7.80. The summed E-state index contributed by atoms with van der Waals surface area (Å²) in [6.45, 7) is 0. The zero-order chi connectivity index (χ0) is 20.4. The number of fused-ring (bicyclic) bond motifs is 1. The number of halogens is 2. The van der Waals surface area contributed by atoms with Gasteiger partial charge in [-0.2, -0.15) is 10.2 Å². The molecule has 29 heavy (non-hydrogen) atoms. The number of aromatic nitrogens is 2. The van der Waals surface area contributed by atoms with Crippen LogP contribution in [0.4, 0.5) is 17.1 Å². The molecular formula is C20H15Cl2N5OS. The molecule has 0 spiro atoms. The number of nitrogens with one attached hydrogen (secondary N) is 2. The van der Waals surface area contributed by atoms with E-state index in [0.717, 1.165) is 22.7 Å². The molecular weight excluding hydrogens is 429 g/mol. The van der Waals surface area contributed by atoms with Gasteiger partial charge in [-0.1, -0.05) is 23.2 Å². The number of methoxy groups -OCH3 is 1. The zero-order valence-corrected chi connectivity index (χ0v) is 17.6. The third-order valence-electron chi connectivity index (χ3n) is 4.26. The fraction of sp³-hybridized carbons (Fsp3) is 0.100. The minimum Gasteiger partial charge on any atom is -0.495 e. The molecule has 0 unspecified atom stereocenters. The van der Waals surface area contributed by atoms with Crippen molar-refractivity contribution in [2.24, 2.45) is 4.99 Å². The Balaban J connectivity index is 1.55. The minimum absolute atomic E-state index is 0.376. The molecule has 1 aromatic heterocycles. The van der Waals surface area contributed by atoms with E-state index in [0.29, 0.717) is 38.7 Å². The molecule has 3 aromatic rings. The van der Waals surface area contributed by atoms with Crippen molar-refractivity contribution in [3.05, 3.63) is 70.0 Å². The maximum Gasteiger partial charge on any atom is 0.175 e. The van der Waals surface area contributed by atoms with Gasteiger partial charge in [0.15, 0.2) is 5.11 Å². The van der Waals surface area contributed by atoms with Crippen molar-refractivity contribution in [2.75, 3.05) is 17.7 Å². The summed E-state index contributed by atoms with van der Waals surface area (Å²) in [7, 11) is 1.60. The Bertz CT molecular complexity index is 1120. The van der Waals surface area contributed by atoms with Gasteiger partial charge in [0.25, 0.3) is 0 Å². The van der Waals surface area contributed by atoms with E-state index in [1.54, 1.807) is 31.5 Å². The number of benzene rings is 2. The Kier molecular flexibility index (Phi) is 5.62. The first-order valence-electron chi connectivity index (χ1n) is 8.62. The van der Waals surface area contributed by atoms with Crippen LogP contribution >= 0.6 is 35.4 Å². The molecule has 4 rings (SSSR count). The second-order valence-electron chi connectivity index (χ2n) is 6.25. The molecule has 0 saturated carbocycles. The molecule has 0 radical (unpaired) electrons. The van der Waals surface area contributed by atoms with Crippen LogP contribution in [-0.4, -0.2) is 28.1 Å². The summed E-state index contributed by atoms with van der Waals surface area (Å²) in [5, 5.41) is 15.7. The summed E-state index contributed by atoms with van der Waals surface area (Å²) in [6, 6.07) is 12.7. The van der Waals surface area contributed by atoms with Crippen molar-refractivity contribution in [3.63, 3.8) is 0 Å². The molecule has 2 aromatic carbocycles. The highest BCUT2D eigenvalue weighted by Gasteiger charge is 2.19. The maximum atomic E-state index is 6.04. The third kappa shape index (κ3) is 4.48. The first-order valence-corrected chi connectivity index (χ1v) is 9.79. The lowest BCUT2D eigenvalue weighted by molar-refractivity contribution is 0.417. The van der Waals surface area contributed by atoms with Crippen molar-refractivity contribution >= 4 is 63.3 Å². The van der Waals surface area contributed by atoms with Crippen molar-refractivity contribution in [3.8, 4) is 5.75 Å². The summed E-state index contributed by atoms with van der Waals surface area (Å²) >= 11 is 17.5. The number of hydrogen-bond donors (Lipinski definition) is 2. The van der Waals surface area contributed by atoms with E-state index < -0.39 is 0 Å². The lowest BCUT2D eigenvalue weighted by atomic mass is 10.1. The molecule has 0 fully saturated rings. The van der Waals surface area contributed by atoms with Gasteiger partial charge in [-0.05, 0) is 60.2 Å². The maximum absolute atomic E-state index is 6.04. The van der Waals surface area contributed by atoms with Crippen molar-refractivity contribution < 1.29 is 4.74 Å². The van der Waals surface area contributed by atoms with E-state index >= 15 is 0 Å². The summed E-state index contributed by atoms with van der Waals surface area (Å²) in [4.78, 5) is 4.65. The van der Waals surface area contributed by atoms with Crippen LogP contribution in [0.25, 0.3) is 0 Å². The molecule has 0 bridgehead atoms. The molecule has 0 aliphatic carbocycles. The van der Waals surface area contributed by atoms with E-state index in [-0.39, 0.29) is 0 Å². The number of rotatable bonds is 4. The monoisotopic (exact) mass is 443 g/mol. The van der Waals surface area contributed by atoms with E-state index in [2.05, 4.69) is 25.8 Å². The Hall–Kier alpha value is -2.74. The van der Waals surface area contributed by atoms with Crippen LogP contribution in [0.2, 0.25) is 10.0 Å². The Morgan fingerprint density at radius 2 is 1.86 bits per heavy atom. The van der Waals surface area contributed by atoms with Gasteiger partial charge in [-0.25, -0.2) is 0 Å². The molecule has 6 nitrogen and oxygen atoms in total. The van der Waals surface area contributed by atoms with Gasteiger partial charge in [-0.15, -0.1) is 0 Å². The fourth-order valence-electron chi connectivity index (χ4n) is 2.99. The molecule has 146 valence electrons. The Labute approximate surface area is 182 Å². The molecule has 1 aliphatic rings. The highest BCUT2D eigenvalue weighted by Crippen LogP contribution is 2.31. The van der Waals surface area contributed by atoms with Crippen molar-refractivity contribution in [1.82, 2.24) is 10.2 Å². The highest BCUT2D eigenvalue weighted by atomic mass is 35.5. The third-order valence-corrected chi connectivity index (χ3v) is 4.91. The zero-order valence-electron chi connectivity index (χ0n) is 15.2. The predicted octanol–water partition coefficient (Wildman–Crippen LogP) is 5.28. The van der Waals surface area contributed by atoms with Crippen LogP contribution in [0.15, 0.2) is 53.7 Å². The van der Waals surface area contributed by atoms with Gasteiger partial charge < -0.3 is 15.4 Å². The molecule has 0 saturated heterocycles. The van der Waals surface area contributed by atoms with Crippen LogP contribution in [0.5, 0.6) is 5.75 Å². The topological polar surface area (TPSA) is 71.4 Å². The second kappa shape index (κ2) is 8.32. The lowest BCUT2D eigenvalue weighted by Crippen LogP contribution is -2.19. The molecule has 9 heteroatoms. The van der Waals surface area contributed by atoms with Crippen LogP contribution in [0.1, 0.15) is 11.3 Å². The van der Waals surface area contributed by atoms with Crippen LogP contribution in [0, 0.1) is 0 Å². The summed E-state index contributed by atoms with van der Waals surface area (Å²) < 4.78 is 5.46. The van der Waals surface area contributed by atoms with E-state index in [9.17, 15) is 0 Å². The SMILES string of the molecule is COc1ccc(C2=Nc3ccnnc3C2)cc1NC(=S)Nc1cc(Cl)cc(Cl)c1. The summed E-state index contributed by atoms with van der Waals surface area (Å²) in [5.74, 6) is 0.651. The first kappa shape index (κ1) is 19.6. The van der Waals surface area contributed by atoms with Gasteiger partial charge in [0.2, 0.25) is 0 Å². The Morgan fingerprint density at radius 1 is 1.07 bits per heavy atom. The number of thiocarbonyl (C=S) groups is 1. The number of hydrogen-bond acceptors (Lipinski definition) is 5. The average molecular weight is 444 g/mol. The van der Waals surface area contributed by atoms with Crippen LogP contribution in [0.3, 0.4) is 0 Å². The molecule has 2 N–H and O–H groups in total. The molecule has 0 amide bonds. The largest absolute Gasteiger partial charge is 0.495 e. The quantitative estimate of drug-likeness (QED) is 0.534. The van der Waals surface area contributed by atoms with Crippen molar-refractivity contribution in [2.45, 2.75) is 6.42 Å². The van der Waals surface area contributed by atoms with E-state index in [1.165, 1.54) is 0 Å². The lowest BCUT2D eigenvalue weighted by Gasteiger charge is -2.15. The van der Waals surface area contributed by atoms with Gasteiger partial charge in [-0.3, -0.25) is 4.99 Å². The van der Waals surface area contributed by atoms with E-state index in [1.807, 2.05) is 24.3 Å². The van der Waals surface area contributed by atoms with Gasteiger partial charge in [0.05, 0.1) is 36.1 Å². The minimum atomic E-state index is 0.376. The summed E-state index contributed by atoms with van der Waals surface area (Å²) in [5.41, 5.74) is 4.95. The number of aliphatic imine (C=N–C) groups is 1. The smallest absolute Gasteiger partial charge is 0.175 e. The molecule has 1 aliphatic heterocycles. The number of nitrogens with zero attached hydrogens (tertiary/aromatic N) is 3. The van der Waals surface area contributed by atoms with Crippen LogP contribution in [-0.2, 0) is 6.42 Å². The van der Waals surface area contributed by atoms with Crippen LogP contribution < -0.4 is 15.4 Å². The van der Waals surface area contributed by atoms with Crippen molar-refractivity contribution in [1.29, 1.82) is 0 Å². The van der Waals surface area contributed by atoms with Gasteiger partial charge >= 0.3 is 0 Å². The van der Waals surface area contributed by atoms with E-state index in [4.69, 9.17) is 40.2 Å². The average Bonchev–Trinajstić information content (AvgIpc) is 3.11.